The topological polar surface area (TPSA) is 63.8 Å². The van der Waals surface area contributed by atoms with Gasteiger partial charge in [-0.1, -0.05) is 12.1 Å². The number of benzene rings is 1. The molecule has 1 aromatic heterocycles. The van der Waals surface area contributed by atoms with Crippen molar-refractivity contribution in [1.29, 1.82) is 0 Å². The van der Waals surface area contributed by atoms with E-state index in [1.54, 1.807) is 0 Å². The molecule has 7 heteroatoms. The summed E-state index contributed by atoms with van der Waals surface area (Å²) in [6.07, 6.45) is -1.35. The van der Waals surface area contributed by atoms with E-state index in [0.29, 0.717) is 24.3 Å². The summed E-state index contributed by atoms with van der Waals surface area (Å²) >= 11 is 0. The van der Waals surface area contributed by atoms with Crippen LogP contribution >= 0.6 is 0 Å². The second-order valence-corrected chi connectivity index (χ2v) is 4.09. The van der Waals surface area contributed by atoms with Crippen LogP contribution in [0.3, 0.4) is 0 Å². The molecule has 0 amide bonds. The zero-order valence-electron chi connectivity index (χ0n) is 10.5. The van der Waals surface area contributed by atoms with Crippen LogP contribution in [0.1, 0.15) is 5.56 Å². The normalized spacial score (nSPS) is 11.4. The Morgan fingerprint density at radius 2 is 1.85 bits per heavy atom. The van der Waals surface area contributed by atoms with Crippen LogP contribution in [0.4, 0.5) is 18.9 Å². The average Bonchev–Trinajstić information content (AvgIpc) is 2.45. The van der Waals surface area contributed by atoms with Gasteiger partial charge in [0.2, 0.25) is 0 Å². The molecule has 0 aliphatic carbocycles. The third-order valence-corrected chi connectivity index (χ3v) is 2.57. The van der Waals surface area contributed by atoms with Gasteiger partial charge in [-0.2, -0.15) is 13.2 Å². The third-order valence-electron chi connectivity index (χ3n) is 2.57. The summed E-state index contributed by atoms with van der Waals surface area (Å²) in [5, 5.41) is 2.98. The number of anilines is 1. The second-order valence-electron chi connectivity index (χ2n) is 4.09. The molecule has 0 fully saturated rings. The van der Waals surface area contributed by atoms with Crippen molar-refractivity contribution in [3.63, 3.8) is 0 Å². The molecule has 0 bridgehead atoms. The van der Waals surface area contributed by atoms with Crippen molar-refractivity contribution in [1.82, 2.24) is 9.97 Å². The van der Waals surface area contributed by atoms with Gasteiger partial charge in [0.25, 0.3) is 0 Å². The van der Waals surface area contributed by atoms with Crippen LogP contribution in [-0.2, 0) is 6.18 Å². The fourth-order valence-electron chi connectivity index (χ4n) is 1.62. The molecular weight excluding hydrogens is 269 g/mol. The van der Waals surface area contributed by atoms with Crippen molar-refractivity contribution >= 4 is 5.69 Å². The van der Waals surface area contributed by atoms with E-state index in [4.69, 9.17) is 5.73 Å². The molecule has 1 heterocycles. The van der Waals surface area contributed by atoms with Crippen LogP contribution in [-0.4, -0.2) is 23.1 Å². The third kappa shape index (κ3) is 3.45. The molecule has 2 rings (SSSR count). The van der Waals surface area contributed by atoms with Gasteiger partial charge in [0, 0.05) is 18.7 Å². The Bertz CT molecular complexity index is 567. The van der Waals surface area contributed by atoms with Gasteiger partial charge in [0.15, 0.2) is 5.82 Å². The van der Waals surface area contributed by atoms with E-state index < -0.39 is 11.7 Å². The molecule has 0 aliphatic heterocycles. The number of nitrogens with one attached hydrogen (secondary N) is 1. The summed E-state index contributed by atoms with van der Waals surface area (Å²) in [7, 11) is 0. The Morgan fingerprint density at radius 1 is 1.15 bits per heavy atom. The van der Waals surface area contributed by atoms with E-state index in [0.717, 1.165) is 12.1 Å². The molecule has 0 spiro atoms. The minimum absolute atomic E-state index is 0.245. The number of hydrogen-bond acceptors (Lipinski definition) is 4. The van der Waals surface area contributed by atoms with E-state index in [1.165, 1.54) is 24.5 Å². The maximum absolute atomic E-state index is 12.6. The predicted molar refractivity (Wildman–Crippen MR) is 70.0 cm³/mol. The summed E-state index contributed by atoms with van der Waals surface area (Å²) in [5.41, 5.74) is 5.62. The number of halogens is 3. The van der Waals surface area contributed by atoms with Crippen LogP contribution in [0, 0.1) is 0 Å². The molecule has 2 aromatic rings. The van der Waals surface area contributed by atoms with Gasteiger partial charge >= 0.3 is 6.18 Å². The summed E-state index contributed by atoms with van der Waals surface area (Å²) in [4.78, 5) is 8.09. The predicted octanol–water partition coefficient (Wildman–Crippen LogP) is 2.53. The lowest BCUT2D eigenvalue weighted by Crippen LogP contribution is -2.13. The Kier molecular flexibility index (Phi) is 4.19. The van der Waals surface area contributed by atoms with E-state index >= 15 is 0 Å². The van der Waals surface area contributed by atoms with Crippen molar-refractivity contribution in [3.05, 3.63) is 42.2 Å². The first-order chi connectivity index (χ1) is 9.50. The number of aromatic nitrogens is 2. The lowest BCUT2D eigenvalue weighted by atomic mass is 10.1. The molecular formula is C13H13F3N4. The Hall–Kier alpha value is -2.15. The number of nitrogens with zero attached hydrogens (tertiary/aromatic N) is 2. The highest BCUT2D eigenvalue weighted by Crippen LogP contribution is 2.31. The maximum atomic E-state index is 12.6. The van der Waals surface area contributed by atoms with Crippen molar-refractivity contribution < 1.29 is 13.2 Å². The zero-order valence-corrected chi connectivity index (χ0v) is 10.5. The van der Waals surface area contributed by atoms with Gasteiger partial charge in [-0.05, 0) is 12.1 Å². The monoisotopic (exact) mass is 282 g/mol. The van der Waals surface area contributed by atoms with Gasteiger partial charge in [0.05, 0.1) is 23.6 Å². The fourth-order valence-corrected chi connectivity index (χ4v) is 1.62. The molecule has 1 aromatic carbocycles. The fraction of sp³-hybridized carbons (Fsp3) is 0.231. The summed E-state index contributed by atoms with van der Waals surface area (Å²) in [5.74, 6) is 0.245. The van der Waals surface area contributed by atoms with Crippen molar-refractivity contribution in [3.8, 4) is 11.4 Å². The molecule has 20 heavy (non-hydrogen) atoms. The molecule has 0 saturated carbocycles. The molecule has 0 unspecified atom stereocenters. The molecule has 106 valence electrons. The minimum Gasteiger partial charge on any atom is -0.381 e. The van der Waals surface area contributed by atoms with E-state index in [-0.39, 0.29) is 5.82 Å². The van der Waals surface area contributed by atoms with Crippen LogP contribution in [0.5, 0.6) is 0 Å². The molecule has 4 nitrogen and oxygen atoms in total. The minimum atomic E-state index is -4.38. The van der Waals surface area contributed by atoms with Crippen LogP contribution in [0.15, 0.2) is 36.7 Å². The highest BCUT2D eigenvalue weighted by atomic mass is 19.4. The molecule has 3 N–H and O–H groups in total. The number of nitrogens with two attached hydrogens (primary N) is 1. The summed E-state index contributed by atoms with van der Waals surface area (Å²) in [6, 6.07) is 4.92. The lowest BCUT2D eigenvalue weighted by Gasteiger charge is -2.08. The highest BCUT2D eigenvalue weighted by Gasteiger charge is 2.30. The largest absolute Gasteiger partial charge is 0.416 e. The Labute approximate surface area is 113 Å². The summed E-state index contributed by atoms with van der Waals surface area (Å²) in [6.45, 7) is 1.04. The first-order valence-electron chi connectivity index (χ1n) is 5.94. The van der Waals surface area contributed by atoms with Crippen molar-refractivity contribution in [2.24, 2.45) is 5.73 Å². The van der Waals surface area contributed by atoms with Gasteiger partial charge in [-0.15, -0.1) is 0 Å². The average molecular weight is 282 g/mol. The number of rotatable bonds is 4. The van der Waals surface area contributed by atoms with Gasteiger partial charge in [-0.25, -0.2) is 9.97 Å². The first-order valence-corrected chi connectivity index (χ1v) is 5.94. The quantitative estimate of drug-likeness (QED) is 0.904. The molecule has 0 saturated heterocycles. The number of alkyl halides is 3. The smallest absolute Gasteiger partial charge is 0.381 e. The molecule has 0 radical (unpaired) electrons. The van der Waals surface area contributed by atoms with Crippen molar-refractivity contribution in [2.45, 2.75) is 6.18 Å². The van der Waals surface area contributed by atoms with E-state index in [2.05, 4.69) is 15.3 Å². The van der Waals surface area contributed by atoms with E-state index in [1.807, 2.05) is 0 Å². The number of hydrogen-bond donors (Lipinski definition) is 2. The van der Waals surface area contributed by atoms with Crippen LogP contribution < -0.4 is 11.1 Å². The van der Waals surface area contributed by atoms with Gasteiger partial charge < -0.3 is 11.1 Å². The summed E-state index contributed by atoms with van der Waals surface area (Å²) < 4.78 is 37.9. The highest BCUT2D eigenvalue weighted by molar-refractivity contribution is 5.57. The zero-order chi connectivity index (χ0) is 14.6. The van der Waals surface area contributed by atoms with Gasteiger partial charge in [-0.3, -0.25) is 0 Å². The van der Waals surface area contributed by atoms with E-state index in [9.17, 15) is 13.2 Å². The molecule has 0 aliphatic rings. The standard InChI is InChI=1S/C13H13F3N4/c14-13(15,16)10-3-1-2-9(6-10)12-19-7-11(8-20-12)18-5-4-17/h1-3,6-8,18H,4-5,17H2. The first kappa shape index (κ1) is 14.3. The lowest BCUT2D eigenvalue weighted by molar-refractivity contribution is -0.137. The Morgan fingerprint density at radius 3 is 2.45 bits per heavy atom. The molecule has 0 atom stereocenters. The SMILES string of the molecule is NCCNc1cnc(-c2cccc(C(F)(F)F)c2)nc1. The van der Waals surface area contributed by atoms with Crippen molar-refractivity contribution in [2.75, 3.05) is 18.4 Å². The second kappa shape index (κ2) is 5.87. The van der Waals surface area contributed by atoms with Gasteiger partial charge in [0.1, 0.15) is 0 Å². The van der Waals surface area contributed by atoms with Crippen LogP contribution in [0.2, 0.25) is 0 Å². The Balaban J connectivity index is 2.23. The van der Waals surface area contributed by atoms with Crippen LogP contribution in [0.25, 0.3) is 11.4 Å². The maximum Gasteiger partial charge on any atom is 0.416 e.